The average Bonchev–Trinajstić information content (AvgIpc) is 2.98. The van der Waals surface area contributed by atoms with Crippen molar-refractivity contribution in [1.82, 2.24) is 15.3 Å². The van der Waals surface area contributed by atoms with Gasteiger partial charge in [0.2, 0.25) is 5.71 Å². The molecule has 2 heterocycles. The summed E-state index contributed by atoms with van der Waals surface area (Å²) in [6.45, 7) is 2.92. The molecule has 0 radical (unpaired) electrons. The van der Waals surface area contributed by atoms with Crippen molar-refractivity contribution in [3.05, 3.63) is 57.1 Å². The Labute approximate surface area is 164 Å². The van der Waals surface area contributed by atoms with Gasteiger partial charge in [0.15, 0.2) is 12.4 Å². The molecule has 11 nitrogen and oxygen atoms in total. The molecule has 29 heavy (non-hydrogen) atoms. The summed E-state index contributed by atoms with van der Waals surface area (Å²) in [7, 11) is 0. The lowest BCUT2D eigenvalue weighted by Gasteiger charge is -2.07. The van der Waals surface area contributed by atoms with Crippen molar-refractivity contribution in [2.75, 3.05) is 12.3 Å². The zero-order valence-electron chi connectivity index (χ0n) is 15.6. The molecule has 11 heteroatoms. The second-order valence-corrected chi connectivity index (χ2v) is 6.14. The summed E-state index contributed by atoms with van der Waals surface area (Å²) in [6, 6.07) is 5.14. The van der Waals surface area contributed by atoms with Crippen LogP contribution in [0.1, 0.15) is 27.5 Å². The molecule has 0 spiro atoms. The molecule has 0 atom stereocenters. The van der Waals surface area contributed by atoms with Crippen LogP contribution in [0.5, 0.6) is 0 Å². The number of ether oxygens (including phenoxy) is 1. The van der Waals surface area contributed by atoms with Gasteiger partial charge >= 0.3 is 5.97 Å². The number of nitrogens with zero attached hydrogens (tertiary/aromatic N) is 3. The van der Waals surface area contributed by atoms with Gasteiger partial charge < -0.3 is 20.2 Å². The van der Waals surface area contributed by atoms with E-state index in [1.807, 2.05) is 6.92 Å². The summed E-state index contributed by atoms with van der Waals surface area (Å²) in [5.74, 6) is -0.345. The molecule has 0 saturated heterocycles. The largest absolute Gasteiger partial charge is 0.456 e. The molecule has 0 aliphatic carbocycles. The standard InChI is InChI=1S/C18H17N5O6/c1-9-10(2)29-18-15(9)16(19)21-13(22-18)8-28-14(24)7-20-17(25)11-4-3-5-12(6-11)23(26)27/h3-6H,7-8H2,1-2H3,(H,20,25)(H2,19,21,22). The number of nitro groups is 1. The molecule has 0 bridgehead atoms. The fourth-order valence-corrected chi connectivity index (χ4v) is 2.60. The molecule has 0 aliphatic rings. The zero-order chi connectivity index (χ0) is 21.1. The number of carbonyl (C=O) groups is 2. The monoisotopic (exact) mass is 399 g/mol. The number of carbonyl (C=O) groups excluding carboxylic acids is 2. The highest BCUT2D eigenvalue weighted by Gasteiger charge is 2.16. The minimum atomic E-state index is -0.738. The minimum Gasteiger partial charge on any atom is -0.456 e. The molecule has 3 rings (SSSR count). The second-order valence-electron chi connectivity index (χ2n) is 6.14. The number of aromatic nitrogens is 2. The number of anilines is 1. The first-order valence-corrected chi connectivity index (χ1v) is 8.46. The minimum absolute atomic E-state index is 0.0529. The van der Waals surface area contributed by atoms with E-state index in [-0.39, 0.29) is 29.5 Å². The smallest absolute Gasteiger partial charge is 0.325 e. The summed E-state index contributed by atoms with van der Waals surface area (Å²) in [4.78, 5) is 42.3. The van der Waals surface area contributed by atoms with Crippen molar-refractivity contribution in [3.63, 3.8) is 0 Å². The molecule has 3 N–H and O–H groups in total. The number of aryl methyl sites for hydroxylation is 2. The van der Waals surface area contributed by atoms with Gasteiger partial charge in [-0.1, -0.05) is 6.07 Å². The summed E-state index contributed by atoms with van der Waals surface area (Å²) in [5, 5.41) is 13.7. The zero-order valence-corrected chi connectivity index (χ0v) is 15.6. The number of nitrogens with one attached hydrogen (secondary N) is 1. The fraction of sp³-hybridized carbons (Fsp3) is 0.222. The molecule has 2 aromatic heterocycles. The molecule has 1 aromatic carbocycles. The first-order chi connectivity index (χ1) is 13.8. The van der Waals surface area contributed by atoms with Crippen LogP contribution in [0.2, 0.25) is 0 Å². The number of furan rings is 1. The molecular formula is C18H17N5O6. The number of nitrogens with two attached hydrogens (primary N) is 1. The van der Waals surface area contributed by atoms with Crippen molar-refractivity contribution in [1.29, 1.82) is 0 Å². The number of esters is 1. The number of rotatable bonds is 6. The summed E-state index contributed by atoms with van der Waals surface area (Å²) in [6.07, 6.45) is 0. The lowest BCUT2D eigenvalue weighted by molar-refractivity contribution is -0.384. The number of fused-ring (bicyclic) bond motifs is 1. The molecule has 0 saturated carbocycles. The van der Waals surface area contributed by atoms with Crippen LogP contribution in [-0.2, 0) is 16.1 Å². The van der Waals surface area contributed by atoms with Crippen LogP contribution in [-0.4, -0.2) is 33.3 Å². The number of nitrogen functional groups attached to an aromatic ring is 1. The summed E-state index contributed by atoms with van der Waals surface area (Å²) >= 11 is 0. The van der Waals surface area contributed by atoms with Crippen molar-refractivity contribution in [2.45, 2.75) is 20.5 Å². The summed E-state index contributed by atoms with van der Waals surface area (Å²) in [5.41, 5.74) is 6.88. The van der Waals surface area contributed by atoms with Gasteiger partial charge in [-0.3, -0.25) is 19.7 Å². The van der Waals surface area contributed by atoms with Gasteiger partial charge in [-0.15, -0.1) is 0 Å². The van der Waals surface area contributed by atoms with Crippen molar-refractivity contribution < 1.29 is 23.7 Å². The number of hydrogen-bond acceptors (Lipinski definition) is 9. The number of nitro benzene ring substituents is 1. The maximum absolute atomic E-state index is 12.0. The number of benzene rings is 1. The molecule has 0 fully saturated rings. The Morgan fingerprint density at radius 2 is 2.07 bits per heavy atom. The highest BCUT2D eigenvalue weighted by atomic mass is 16.6. The third kappa shape index (κ3) is 4.29. The Morgan fingerprint density at radius 3 is 2.79 bits per heavy atom. The van der Waals surface area contributed by atoms with Gasteiger partial charge in [-0.25, -0.2) is 4.98 Å². The van der Waals surface area contributed by atoms with Crippen molar-refractivity contribution in [3.8, 4) is 0 Å². The van der Waals surface area contributed by atoms with E-state index in [1.165, 1.54) is 18.2 Å². The first-order valence-electron chi connectivity index (χ1n) is 8.46. The van der Waals surface area contributed by atoms with Crippen LogP contribution in [0, 0.1) is 24.0 Å². The third-order valence-corrected chi connectivity index (χ3v) is 4.18. The Hall–Kier alpha value is -4.02. The van der Waals surface area contributed by atoms with Gasteiger partial charge in [0.1, 0.15) is 18.1 Å². The molecule has 0 unspecified atom stereocenters. The van der Waals surface area contributed by atoms with Gasteiger partial charge in [-0.2, -0.15) is 4.98 Å². The quantitative estimate of drug-likeness (QED) is 0.357. The average molecular weight is 399 g/mol. The summed E-state index contributed by atoms with van der Waals surface area (Å²) < 4.78 is 10.5. The van der Waals surface area contributed by atoms with E-state index in [0.29, 0.717) is 16.9 Å². The molecule has 1 amide bonds. The molecule has 3 aromatic rings. The number of amides is 1. The fourth-order valence-electron chi connectivity index (χ4n) is 2.60. The lowest BCUT2D eigenvalue weighted by atomic mass is 10.2. The Bertz CT molecular complexity index is 1120. The highest BCUT2D eigenvalue weighted by Crippen LogP contribution is 2.27. The van der Waals surface area contributed by atoms with Gasteiger partial charge in [-0.05, 0) is 19.9 Å². The topological polar surface area (TPSA) is 163 Å². The van der Waals surface area contributed by atoms with Crippen LogP contribution in [0.3, 0.4) is 0 Å². The van der Waals surface area contributed by atoms with E-state index in [1.54, 1.807) is 6.92 Å². The first kappa shape index (κ1) is 19.7. The van der Waals surface area contributed by atoms with Crippen LogP contribution >= 0.6 is 0 Å². The van der Waals surface area contributed by atoms with Crippen LogP contribution < -0.4 is 11.1 Å². The molecule has 0 aliphatic heterocycles. The van der Waals surface area contributed by atoms with E-state index >= 15 is 0 Å². The van der Waals surface area contributed by atoms with E-state index in [9.17, 15) is 19.7 Å². The maximum Gasteiger partial charge on any atom is 0.325 e. The van der Waals surface area contributed by atoms with Crippen LogP contribution in [0.4, 0.5) is 11.5 Å². The van der Waals surface area contributed by atoms with E-state index in [2.05, 4.69) is 15.3 Å². The predicted molar refractivity (Wildman–Crippen MR) is 101 cm³/mol. The van der Waals surface area contributed by atoms with Crippen LogP contribution in [0.25, 0.3) is 11.1 Å². The van der Waals surface area contributed by atoms with Crippen molar-refractivity contribution in [2.24, 2.45) is 0 Å². The van der Waals surface area contributed by atoms with E-state index in [0.717, 1.165) is 11.6 Å². The SMILES string of the molecule is Cc1oc2nc(COC(=O)CNC(=O)c3cccc([N+](=O)[O-])c3)nc(N)c2c1C. The van der Waals surface area contributed by atoms with Crippen LogP contribution in [0.15, 0.2) is 28.7 Å². The predicted octanol–water partition coefficient (Wildman–Crippen LogP) is 1.80. The third-order valence-electron chi connectivity index (χ3n) is 4.18. The second kappa shape index (κ2) is 7.92. The Morgan fingerprint density at radius 1 is 1.31 bits per heavy atom. The Balaban J connectivity index is 1.57. The number of hydrogen-bond donors (Lipinski definition) is 2. The van der Waals surface area contributed by atoms with E-state index in [4.69, 9.17) is 14.9 Å². The van der Waals surface area contributed by atoms with Gasteiger partial charge in [0.05, 0.1) is 10.3 Å². The number of non-ortho nitro benzene ring substituents is 1. The lowest BCUT2D eigenvalue weighted by Crippen LogP contribution is -2.30. The maximum atomic E-state index is 12.0. The molecule has 150 valence electrons. The Kier molecular flexibility index (Phi) is 5.39. The van der Waals surface area contributed by atoms with E-state index < -0.39 is 23.3 Å². The van der Waals surface area contributed by atoms with Crippen molar-refractivity contribution >= 4 is 34.5 Å². The molecular weight excluding hydrogens is 382 g/mol. The highest BCUT2D eigenvalue weighted by molar-refractivity contribution is 5.96. The van der Waals surface area contributed by atoms with Gasteiger partial charge in [0, 0.05) is 23.3 Å². The normalized spacial score (nSPS) is 10.7. The van der Waals surface area contributed by atoms with Gasteiger partial charge in [0.25, 0.3) is 11.6 Å².